The van der Waals surface area contributed by atoms with Gasteiger partial charge in [-0.3, -0.25) is 4.79 Å². The number of carbonyl (C=O) groups excluding carboxylic acids is 1. The third-order valence-electron chi connectivity index (χ3n) is 3.16. The Kier molecular flexibility index (Phi) is 4.41. The first-order valence-electron chi connectivity index (χ1n) is 6.40. The van der Waals surface area contributed by atoms with E-state index in [-0.39, 0.29) is 18.5 Å². The standard InChI is InChI=1S/C13H18N6O/c1-10(8-14)18(2)12(20)9-19-16-13(15-17-19)11-6-4-3-5-7-11/h3-7,10H,8-9,14H2,1-2H3. The number of nitrogens with zero attached hydrogens (tertiary/aromatic N) is 5. The number of likely N-dealkylation sites (N-methyl/N-ethyl adjacent to an activating group) is 1. The zero-order valence-corrected chi connectivity index (χ0v) is 11.6. The second-order valence-corrected chi connectivity index (χ2v) is 4.60. The molecule has 20 heavy (non-hydrogen) atoms. The topological polar surface area (TPSA) is 89.9 Å². The molecule has 0 saturated heterocycles. The monoisotopic (exact) mass is 274 g/mol. The summed E-state index contributed by atoms with van der Waals surface area (Å²) in [4.78, 5) is 14.9. The highest BCUT2D eigenvalue weighted by Gasteiger charge is 2.16. The van der Waals surface area contributed by atoms with Crippen LogP contribution in [-0.4, -0.2) is 50.6 Å². The van der Waals surface area contributed by atoms with Crippen LogP contribution in [0, 0.1) is 0 Å². The molecule has 0 spiro atoms. The van der Waals surface area contributed by atoms with Gasteiger partial charge in [-0.25, -0.2) is 0 Å². The minimum absolute atomic E-state index is 0.0142. The van der Waals surface area contributed by atoms with E-state index in [9.17, 15) is 4.79 Å². The normalized spacial score (nSPS) is 12.2. The number of hydrogen-bond acceptors (Lipinski definition) is 5. The van der Waals surface area contributed by atoms with Crippen LogP contribution < -0.4 is 5.73 Å². The summed E-state index contributed by atoms with van der Waals surface area (Å²) >= 11 is 0. The van der Waals surface area contributed by atoms with Crippen LogP contribution in [0.25, 0.3) is 11.4 Å². The number of tetrazole rings is 1. The Balaban J connectivity index is 2.05. The number of carbonyl (C=O) groups is 1. The molecule has 0 saturated carbocycles. The minimum Gasteiger partial charge on any atom is -0.340 e. The molecule has 7 nitrogen and oxygen atoms in total. The van der Waals surface area contributed by atoms with Crippen molar-refractivity contribution in [1.82, 2.24) is 25.1 Å². The predicted molar refractivity (Wildman–Crippen MR) is 74.5 cm³/mol. The summed E-state index contributed by atoms with van der Waals surface area (Å²) in [6.07, 6.45) is 0. The van der Waals surface area contributed by atoms with Crippen LogP contribution in [0.3, 0.4) is 0 Å². The molecule has 0 aliphatic heterocycles. The molecular formula is C13H18N6O. The van der Waals surface area contributed by atoms with Crippen LogP contribution in [-0.2, 0) is 11.3 Å². The van der Waals surface area contributed by atoms with Crippen LogP contribution in [0.5, 0.6) is 0 Å². The maximum atomic E-state index is 12.0. The lowest BCUT2D eigenvalue weighted by Gasteiger charge is -2.23. The van der Waals surface area contributed by atoms with Gasteiger partial charge in [-0.2, -0.15) is 4.80 Å². The van der Waals surface area contributed by atoms with E-state index in [4.69, 9.17) is 5.73 Å². The number of rotatable bonds is 5. The van der Waals surface area contributed by atoms with Gasteiger partial charge >= 0.3 is 0 Å². The fraction of sp³-hybridized carbons (Fsp3) is 0.385. The Morgan fingerprint density at radius 1 is 1.40 bits per heavy atom. The Bertz CT molecular complexity index is 567. The van der Waals surface area contributed by atoms with Gasteiger partial charge < -0.3 is 10.6 Å². The molecule has 0 fully saturated rings. The molecule has 1 heterocycles. The van der Waals surface area contributed by atoms with Crippen molar-refractivity contribution < 1.29 is 4.79 Å². The number of hydrogen-bond donors (Lipinski definition) is 1. The highest BCUT2D eigenvalue weighted by atomic mass is 16.2. The fourth-order valence-corrected chi connectivity index (χ4v) is 1.65. The van der Waals surface area contributed by atoms with Gasteiger partial charge in [0.15, 0.2) is 0 Å². The Morgan fingerprint density at radius 2 is 2.10 bits per heavy atom. The van der Waals surface area contributed by atoms with Crippen molar-refractivity contribution in [1.29, 1.82) is 0 Å². The molecule has 2 rings (SSSR count). The zero-order valence-electron chi connectivity index (χ0n) is 11.6. The van der Waals surface area contributed by atoms with E-state index >= 15 is 0 Å². The van der Waals surface area contributed by atoms with Crippen molar-refractivity contribution in [3.05, 3.63) is 30.3 Å². The molecule has 1 unspecified atom stereocenters. The lowest BCUT2D eigenvalue weighted by Crippen LogP contribution is -2.41. The Morgan fingerprint density at radius 3 is 2.75 bits per heavy atom. The lowest BCUT2D eigenvalue weighted by atomic mass is 10.2. The molecule has 2 N–H and O–H groups in total. The average Bonchev–Trinajstić information content (AvgIpc) is 2.95. The van der Waals surface area contributed by atoms with Gasteiger partial charge in [-0.1, -0.05) is 30.3 Å². The summed E-state index contributed by atoms with van der Waals surface area (Å²) in [5, 5.41) is 12.1. The van der Waals surface area contributed by atoms with Crippen LogP contribution in [0.2, 0.25) is 0 Å². The summed E-state index contributed by atoms with van der Waals surface area (Å²) in [6.45, 7) is 2.37. The maximum Gasteiger partial charge on any atom is 0.246 e. The van der Waals surface area contributed by atoms with Crippen molar-refractivity contribution in [2.24, 2.45) is 5.73 Å². The molecule has 1 amide bonds. The van der Waals surface area contributed by atoms with Gasteiger partial charge in [-0.05, 0) is 12.1 Å². The second-order valence-electron chi connectivity index (χ2n) is 4.60. The smallest absolute Gasteiger partial charge is 0.246 e. The lowest BCUT2D eigenvalue weighted by molar-refractivity contribution is -0.132. The summed E-state index contributed by atoms with van der Waals surface area (Å²) < 4.78 is 0. The quantitative estimate of drug-likeness (QED) is 0.838. The Labute approximate surface area is 117 Å². The van der Waals surface area contributed by atoms with E-state index in [0.717, 1.165) is 5.56 Å². The maximum absolute atomic E-state index is 12.0. The molecule has 2 aromatic rings. The van der Waals surface area contributed by atoms with E-state index in [1.165, 1.54) is 4.80 Å². The van der Waals surface area contributed by atoms with Crippen LogP contribution >= 0.6 is 0 Å². The van der Waals surface area contributed by atoms with E-state index in [1.54, 1.807) is 11.9 Å². The first kappa shape index (κ1) is 14.1. The largest absolute Gasteiger partial charge is 0.340 e. The third kappa shape index (κ3) is 3.18. The van der Waals surface area contributed by atoms with Crippen molar-refractivity contribution >= 4 is 5.91 Å². The number of amides is 1. The number of nitrogens with two attached hydrogens (primary N) is 1. The fourth-order valence-electron chi connectivity index (χ4n) is 1.65. The first-order chi connectivity index (χ1) is 9.61. The molecule has 1 aromatic heterocycles. The molecule has 0 radical (unpaired) electrons. The molecule has 106 valence electrons. The molecule has 0 aliphatic rings. The molecule has 0 aliphatic carbocycles. The molecule has 1 aromatic carbocycles. The van der Waals surface area contributed by atoms with E-state index in [2.05, 4.69) is 15.4 Å². The first-order valence-corrected chi connectivity index (χ1v) is 6.40. The van der Waals surface area contributed by atoms with Crippen molar-refractivity contribution in [3.63, 3.8) is 0 Å². The highest BCUT2D eigenvalue weighted by Crippen LogP contribution is 2.11. The molecule has 1 atom stereocenters. The number of aromatic nitrogens is 4. The van der Waals surface area contributed by atoms with Crippen molar-refractivity contribution in [2.45, 2.75) is 19.5 Å². The van der Waals surface area contributed by atoms with Gasteiger partial charge in [0, 0.05) is 25.2 Å². The number of benzene rings is 1. The van der Waals surface area contributed by atoms with Gasteiger partial charge in [0.05, 0.1) is 0 Å². The van der Waals surface area contributed by atoms with E-state index in [0.29, 0.717) is 12.4 Å². The summed E-state index contributed by atoms with van der Waals surface area (Å²) in [7, 11) is 1.72. The predicted octanol–water partition coefficient (Wildman–Crippen LogP) is 0.146. The molecule has 0 bridgehead atoms. The van der Waals surface area contributed by atoms with E-state index in [1.807, 2.05) is 37.3 Å². The van der Waals surface area contributed by atoms with Crippen LogP contribution in [0.15, 0.2) is 30.3 Å². The van der Waals surface area contributed by atoms with E-state index < -0.39 is 0 Å². The second kappa shape index (κ2) is 6.25. The summed E-state index contributed by atoms with van der Waals surface area (Å²) in [5.74, 6) is 0.410. The van der Waals surface area contributed by atoms with Crippen molar-refractivity contribution in [2.75, 3.05) is 13.6 Å². The van der Waals surface area contributed by atoms with Crippen LogP contribution in [0.4, 0.5) is 0 Å². The molecular weight excluding hydrogens is 256 g/mol. The third-order valence-corrected chi connectivity index (χ3v) is 3.16. The summed E-state index contributed by atoms with van der Waals surface area (Å²) in [6, 6.07) is 9.49. The molecule has 7 heteroatoms. The highest BCUT2D eigenvalue weighted by molar-refractivity contribution is 5.75. The minimum atomic E-state index is -0.0973. The zero-order chi connectivity index (χ0) is 14.5. The summed E-state index contributed by atoms with van der Waals surface area (Å²) in [5.41, 5.74) is 6.41. The van der Waals surface area contributed by atoms with Crippen LogP contribution in [0.1, 0.15) is 6.92 Å². The average molecular weight is 274 g/mol. The van der Waals surface area contributed by atoms with Gasteiger partial charge in [0.1, 0.15) is 6.54 Å². The SMILES string of the molecule is CC(CN)N(C)C(=O)Cn1nnc(-c2ccccc2)n1. The van der Waals surface area contributed by atoms with Gasteiger partial charge in [0.2, 0.25) is 11.7 Å². The van der Waals surface area contributed by atoms with Gasteiger partial charge in [0.25, 0.3) is 0 Å². The van der Waals surface area contributed by atoms with Gasteiger partial charge in [-0.15, -0.1) is 10.2 Å². The Hall–Kier alpha value is -2.28. The van der Waals surface area contributed by atoms with Crippen molar-refractivity contribution in [3.8, 4) is 11.4 Å².